The second kappa shape index (κ2) is 11.7. The van der Waals surface area contributed by atoms with Gasteiger partial charge < -0.3 is 4.57 Å². The van der Waals surface area contributed by atoms with Crippen molar-refractivity contribution < 1.29 is 0 Å². The Balaban J connectivity index is 0.954. The number of fused-ring (bicyclic) bond motifs is 16. The first kappa shape index (κ1) is 31.2. The molecule has 57 heavy (non-hydrogen) atoms. The summed E-state index contributed by atoms with van der Waals surface area (Å²) in [6.07, 6.45) is 3.02. The van der Waals surface area contributed by atoms with E-state index in [2.05, 4.69) is 187 Å². The van der Waals surface area contributed by atoms with Gasteiger partial charge in [-0.1, -0.05) is 133 Å². The number of para-hydroxylation sites is 1. The molecule has 0 saturated heterocycles. The lowest BCUT2D eigenvalue weighted by molar-refractivity contribution is 1.16. The molecule has 0 radical (unpaired) electrons. The summed E-state index contributed by atoms with van der Waals surface area (Å²) in [6, 6.07) is 65.1. The average Bonchev–Trinajstić information content (AvgIpc) is 3.95. The predicted octanol–water partition coefficient (Wildman–Crippen LogP) is 14.9. The Morgan fingerprint density at radius 3 is 1.93 bits per heavy atom. The number of benzene rings is 9. The van der Waals surface area contributed by atoms with Gasteiger partial charge >= 0.3 is 0 Å². The van der Waals surface area contributed by atoms with Gasteiger partial charge in [0.05, 0.1) is 21.4 Å². The molecule has 2 nitrogen and oxygen atoms in total. The van der Waals surface area contributed by atoms with E-state index in [1.54, 1.807) is 0 Å². The van der Waals surface area contributed by atoms with Crippen molar-refractivity contribution in [2.75, 3.05) is 0 Å². The molecule has 1 aliphatic carbocycles. The Morgan fingerprint density at radius 1 is 0.421 bits per heavy atom. The zero-order valence-corrected chi connectivity index (χ0v) is 31.6. The molecule has 3 heterocycles. The highest BCUT2D eigenvalue weighted by molar-refractivity contribution is 7.25. The monoisotopic (exact) mass is 740 g/mol. The number of rotatable bonds is 3. The normalized spacial score (nSPS) is 12.5. The topological polar surface area (TPSA) is 17.8 Å². The Labute approximate surface area is 332 Å². The molecule has 3 heteroatoms. The minimum atomic E-state index is 0.948. The molecule has 12 aromatic rings. The SMILES string of the molecule is c1cc(-c2ccc3c4ccccc4c4ccccc4c3c2)cc(-c2cc3c(cn2)sc2ccc(-n4c5ccccc5c5ccc6c(c54)Cc4ccccc4-6)cc23)c1. The minimum absolute atomic E-state index is 0.948. The lowest BCUT2D eigenvalue weighted by atomic mass is 9.91. The van der Waals surface area contributed by atoms with E-state index in [4.69, 9.17) is 4.98 Å². The van der Waals surface area contributed by atoms with Gasteiger partial charge in [0.15, 0.2) is 0 Å². The molecule has 1 aliphatic rings. The van der Waals surface area contributed by atoms with E-state index in [-0.39, 0.29) is 0 Å². The predicted molar refractivity (Wildman–Crippen MR) is 243 cm³/mol. The highest BCUT2D eigenvalue weighted by atomic mass is 32.1. The molecule has 9 aromatic carbocycles. The molecule has 0 amide bonds. The van der Waals surface area contributed by atoms with Gasteiger partial charge in [0, 0.05) is 50.1 Å². The van der Waals surface area contributed by atoms with Gasteiger partial charge in [0.25, 0.3) is 0 Å². The van der Waals surface area contributed by atoms with Crippen LogP contribution in [-0.4, -0.2) is 9.55 Å². The van der Waals surface area contributed by atoms with Crippen LogP contribution < -0.4 is 0 Å². The van der Waals surface area contributed by atoms with Crippen molar-refractivity contribution in [1.29, 1.82) is 0 Å². The van der Waals surface area contributed by atoms with Crippen molar-refractivity contribution in [3.05, 3.63) is 193 Å². The van der Waals surface area contributed by atoms with Crippen LogP contribution in [0, 0.1) is 0 Å². The molecule has 0 bridgehead atoms. The van der Waals surface area contributed by atoms with Crippen molar-refractivity contribution in [3.8, 4) is 39.2 Å². The van der Waals surface area contributed by atoms with Crippen LogP contribution in [0.25, 0.3) is 113 Å². The van der Waals surface area contributed by atoms with Crippen molar-refractivity contribution in [2.45, 2.75) is 6.42 Å². The summed E-state index contributed by atoms with van der Waals surface area (Å²) in [4.78, 5) is 5.05. The zero-order chi connectivity index (χ0) is 37.2. The summed E-state index contributed by atoms with van der Waals surface area (Å²) in [5.41, 5.74) is 13.8. The van der Waals surface area contributed by atoms with Crippen LogP contribution in [0.15, 0.2) is 182 Å². The summed E-state index contributed by atoms with van der Waals surface area (Å²) in [5.74, 6) is 0. The highest BCUT2D eigenvalue weighted by Crippen LogP contribution is 2.45. The van der Waals surface area contributed by atoms with E-state index < -0.39 is 0 Å². The van der Waals surface area contributed by atoms with Crippen LogP contribution in [0.2, 0.25) is 0 Å². The van der Waals surface area contributed by atoms with Gasteiger partial charge in [0.2, 0.25) is 0 Å². The van der Waals surface area contributed by atoms with Crippen molar-refractivity contribution >= 4 is 85.6 Å². The molecule has 264 valence electrons. The lowest BCUT2D eigenvalue weighted by Gasteiger charge is -2.12. The summed E-state index contributed by atoms with van der Waals surface area (Å²) < 4.78 is 4.99. The average molecular weight is 741 g/mol. The second-order valence-electron chi connectivity index (χ2n) is 15.5. The maximum absolute atomic E-state index is 5.05. The Kier molecular flexibility index (Phi) is 6.41. The summed E-state index contributed by atoms with van der Waals surface area (Å²) >= 11 is 1.82. The van der Waals surface area contributed by atoms with Crippen LogP contribution in [0.4, 0.5) is 0 Å². The zero-order valence-electron chi connectivity index (χ0n) is 30.8. The maximum atomic E-state index is 5.05. The molecule has 0 fully saturated rings. The van der Waals surface area contributed by atoms with Crippen LogP contribution in [0.5, 0.6) is 0 Å². The minimum Gasteiger partial charge on any atom is -0.309 e. The first-order valence-corrected chi connectivity index (χ1v) is 20.5. The van der Waals surface area contributed by atoms with E-state index in [1.165, 1.54) is 113 Å². The van der Waals surface area contributed by atoms with E-state index in [1.807, 2.05) is 11.3 Å². The Morgan fingerprint density at radius 2 is 1.09 bits per heavy atom. The third-order valence-electron chi connectivity index (χ3n) is 12.5. The fraction of sp³-hybridized carbons (Fsp3) is 0.0185. The van der Waals surface area contributed by atoms with Gasteiger partial charge in [-0.15, -0.1) is 11.3 Å². The number of thiophene rings is 1. The third kappa shape index (κ3) is 4.49. The fourth-order valence-corrected chi connectivity index (χ4v) is 10.9. The van der Waals surface area contributed by atoms with Crippen molar-refractivity contribution in [3.63, 3.8) is 0 Å². The standard InChI is InChI=1S/C54H32N2S/c1-2-13-37-34(10-1)28-49-42(37)23-24-45-44-18-7-8-19-51(44)56(54(45)49)36-21-25-52-47(29-36)48-30-50(55-31-53(48)57-52)35-12-9-11-32(26-35)33-20-22-43-40-16-4-3-14-38(40)39-15-5-6-17-41(39)46(43)27-33/h1-27,29-31H,28H2. The molecule has 0 aliphatic heterocycles. The van der Waals surface area contributed by atoms with Crippen LogP contribution >= 0.6 is 11.3 Å². The number of hydrogen-bond acceptors (Lipinski definition) is 2. The van der Waals surface area contributed by atoms with Crippen molar-refractivity contribution in [2.24, 2.45) is 0 Å². The first-order chi connectivity index (χ1) is 28.2. The summed E-state index contributed by atoms with van der Waals surface area (Å²) in [6.45, 7) is 0. The van der Waals surface area contributed by atoms with Gasteiger partial charge in [-0.25, -0.2) is 0 Å². The number of pyridine rings is 1. The third-order valence-corrected chi connectivity index (χ3v) is 13.6. The largest absolute Gasteiger partial charge is 0.309 e. The quantitative estimate of drug-likeness (QED) is 0.165. The summed E-state index contributed by atoms with van der Waals surface area (Å²) in [5, 5.41) is 12.9. The molecule has 0 spiro atoms. The van der Waals surface area contributed by atoms with E-state index in [0.717, 1.165) is 17.7 Å². The molecule has 0 N–H and O–H groups in total. The van der Waals surface area contributed by atoms with E-state index in [9.17, 15) is 0 Å². The second-order valence-corrected chi connectivity index (χ2v) is 16.5. The fourth-order valence-electron chi connectivity index (χ4n) is 9.87. The maximum Gasteiger partial charge on any atom is 0.0709 e. The van der Waals surface area contributed by atoms with Gasteiger partial charge in [0.1, 0.15) is 0 Å². The molecule has 3 aromatic heterocycles. The Hall–Kier alpha value is -7.07. The van der Waals surface area contributed by atoms with E-state index >= 15 is 0 Å². The molecule has 0 atom stereocenters. The molecule has 13 rings (SSSR count). The van der Waals surface area contributed by atoms with E-state index in [0.29, 0.717) is 0 Å². The molecule has 0 saturated carbocycles. The lowest BCUT2D eigenvalue weighted by Crippen LogP contribution is -1.96. The molecule has 0 unspecified atom stereocenters. The van der Waals surface area contributed by atoms with Crippen LogP contribution in [-0.2, 0) is 6.42 Å². The highest BCUT2D eigenvalue weighted by Gasteiger charge is 2.25. The van der Waals surface area contributed by atoms with Gasteiger partial charge in [-0.3, -0.25) is 4.98 Å². The smallest absolute Gasteiger partial charge is 0.0709 e. The van der Waals surface area contributed by atoms with Gasteiger partial charge in [-0.05, 0) is 108 Å². The number of hydrogen-bond donors (Lipinski definition) is 0. The number of nitrogens with zero attached hydrogens (tertiary/aromatic N) is 2. The number of aromatic nitrogens is 2. The Bertz CT molecular complexity index is 3640. The summed E-state index contributed by atoms with van der Waals surface area (Å²) in [7, 11) is 0. The van der Waals surface area contributed by atoms with Crippen molar-refractivity contribution in [1.82, 2.24) is 9.55 Å². The molecular weight excluding hydrogens is 709 g/mol. The van der Waals surface area contributed by atoms with Gasteiger partial charge in [-0.2, -0.15) is 0 Å². The first-order valence-electron chi connectivity index (χ1n) is 19.7. The molecular formula is C54H32N2S. The van der Waals surface area contributed by atoms with Crippen LogP contribution in [0.3, 0.4) is 0 Å². The van der Waals surface area contributed by atoms with Crippen LogP contribution in [0.1, 0.15) is 11.1 Å².